The van der Waals surface area contributed by atoms with Crippen molar-refractivity contribution in [2.24, 2.45) is 5.73 Å². The average Bonchev–Trinajstić information content (AvgIpc) is 2.03. The van der Waals surface area contributed by atoms with E-state index in [2.05, 4.69) is 6.92 Å². The summed E-state index contributed by atoms with van der Waals surface area (Å²) in [6, 6.07) is 7.82. The molecule has 2 N–H and O–H groups in total. The molecule has 0 aliphatic rings. The van der Waals surface area contributed by atoms with E-state index in [9.17, 15) is 0 Å². The van der Waals surface area contributed by atoms with Gasteiger partial charge in [0.2, 0.25) is 0 Å². The van der Waals surface area contributed by atoms with Crippen LogP contribution in [0.5, 0.6) is 0 Å². The minimum Gasteiger partial charge on any atom is -0.330 e. The lowest BCUT2D eigenvalue weighted by Gasteiger charge is -2.07. The Morgan fingerprint density at radius 3 is 2.67 bits per heavy atom. The maximum Gasteiger partial charge on any atom is 0.0408 e. The molecule has 12 heavy (non-hydrogen) atoms. The Labute approximate surface area is 84.3 Å². The summed E-state index contributed by atoms with van der Waals surface area (Å²) in [4.78, 5) is 0. The van der Waals surface area contributed by atoms with Crippen molar-refractivity contribution in [1.82, 2.24) is 0 Å². The first-order chi connectivity index (χ1) is 5.24. The van der Waals surface area contributed by atoms with E-state index in [1.165, 1.54) is 5.56 Å². The minimum atomic E-state index is 0. The molecule has 1 nitrogen and oxygen atoms in total. The second-order valence-electron chi connectivity index (χ2n) is 2.69. The first-order valence-electron chi connectivity index (χ1n) is 3.69. The maximum absolute atomic E-state index is 5.81. The summed E-state index contributed by atoms with van der Waals surface area (Å²) in [6.45, 7) is 2.76. The Morgan fingerprint density at radius 1 is 1.50 bits per heavy atom. The molecule has 0 aliphatic heterocycles. The monoisotopic (exact) mass is 205 g/mol. The predicted octanol–water partition coefficient (Wildman–Crippen LogP) is 2.82. The zero-order chi connectivity index (χ0) is 8.27. The van der Waals surface area contributed by atoms with Crippen LogP contribution in [-0.4, -0.2) is 6.54 Å². The van der Waals surface area contributed by atoms with Crippen LogP contribution in [0.4, 0.5) is 0 Å². The van der Waals surface area contributed by atoms with Crippen LogP contribution in [0.25, 0.3) is 0 Å². The standard InChI is InChI=1S/C9H12ClN.ClH/c1-7(6-11)8-3-2-4-9(10)5-8;/h2-5,7H,6,11H2,1H3;1H. The van der Waals surface area contributed by atoms with Gasteiger partial charge in [-0.25, -0.2) is 0 Å². The zero-order valence-electron chi connectivity index (χ0n) is 6.96. The van der Waals surface area contributed by atoms with Crippen molar-refractivity contribution in [3.8, 4) is 0 Å². The summed E-state index contributed by atoms with van der Waals surface area (Å²) in [7, 11) is 0. The Balaban J connectivity index is 0.00000121. The minimum absolute atomic E-state index is 0. The highest BCUT2D eigenvalue weighted by atomic mass is 35.5. The van der Waals surface area contributed by atoms with Crippen molar-refractivity contribution in [1.29, 1.82) is 0 Å². The summed E-state index contributed by atoms with van der Waals surface area (Å²) in [5.74, 6) is 0.397. The molecule has 0 fully saturated rings. The maximum atomic E-state index is 5.81. The fraction of sp³-hybridized carbons (Fsp3) is 0.333. The third-order valence-electron chi connectivity index (χ3n) is 1.77. The number of nitrogens with two attached hydrogens (primary N) is 1. The highest BCUT2D eigenvalue weighted by molar-refractivity contribution is 6.30. The van der Waals surface area contributed by atoms with Crippen LogP contribution in [0.3, 0.4) is 0 Å². The van der Waals surface area contributed by atoms with Crippen molar-refractivity contribution in [3.05, 3.63) is 34.9 Å². The normalized spacial score (nSPS) is 11.9. The third kappa shape index (κ3) is 3.02. The van der Waals surface area contributed by atoms with Gasteiger partial charge in [-0.1, -0.05) is 30.7 Å². The van der Waals surface area contributed by atoms with E-state index in [1.54, 1.807) is 0 Å². The molecule has 0 amide bonds. The van der Waals surface area contributed by atoms with Crippen LogP contribution in [0, 0.1) is 0 Å². The molecule has 68 valence electrons. The predicted molar refractivity (Wildman–Crippen MR) is 56.2 cm³/mol. The average molecular weight is 206 g/mol. The van der Waals surface area contributed by atoms with E-state index >= 15 is 0 Å². The molecule has 1 atom stereocenters. The summed E-state index contributed by atoms with van der Waals surface area (Å²) in [5, 5.41) is 0.780. The number of benzene rings is 1. The molecule has 0 saturated heterocycles. The molecule has 1 aromatic rings. The molecule has 0 heterocycles. The van der Waals surface area contributed by atoms with Crippen LogP contribution < -0.4 is 5.73 Å². The number of rotatable bonds is 2. The molecule has 3 heteroatoms. The van der Waals surface area contributed by atoms with E-state index in [4.69, 9.17) is 17.3 Å². The summed E-state index contributed by atoms with van der Waals surface area (Å²) >= 11 is 5.81. The summed E-state index contributed by atoms with van der Waals surface area (Å²) in [6.07, 6.45) is 0. The van der Waals surface area contributed by atoms with Crippen LogP contribution in [0.15, 0.2) is 24.3 Å². The van der Waals surface area contributed by atoms with Gasteiger partial charge in [0.1, 0.15) is 0 Å². The van der Waals surface area contributed by atoms with Crippen LogP contribution >= 0.6 is 24.0 Å². The van der Waals surface area contributed by atoms with E-state index in [-0.39, 0.29) is 12.4 Å². The van der Waals surface area contributed by atoms with E-state index in [0.717, 1.165) is 5.02 Å². The molecule has 0 radical (unpaired) electrons. The van der Waals surface area contributed by atoms with Gasteiger partial charge in [-0.05, 0) is 30.2 Å². The molecule has 0 spiro atoms. The van der Waals surface area contributed by atoms with Crippen molar-refractivity contribution >= 4 is 24.0 Å². The van der Waals surface area contributed by atoms with Crippen LogP contribution in [0.1, 0.15) is 18.4 Å². The molecule has 0 aliphatic carbocycles. The molecular weight excluding hydrogens is 193 g/mol. The van der Waals surface area contributed by atoms with Crippen LogP contribution in [0.2, 0.25) is 5.02 Å². The van der Waals surface area contributed by atoms with Gasteiger partial charge < -0.3 is 5.73 Å². The van der Waals surface area contributed by atoms with Crippen LogP contribution in [-0.2, 0) is 0 Å². The Kier molecular flexibility index (Phi) is 5.31. The fourth-order valence-corrected chi connectivity index (χ4v) is 1.15. The lowest BCUT2D eigenvalue weighted by molar-refractivity contribution is 0.774. The van der Waals surface area contributed by atoms with E-state index in [0.29, 0.717) is 12.5 Å². The number of hydrogen-bond acceptors (Lipinski definition) is 1. The highest BCUT2D eigenvalue weighted by Crippen LogP contribution is 2.17. The lowest BCUT2D eigenvalue weighted by atomic mass is 10.0. The fourth-order valence-electron chi connectivity index (χ4n) is 0.949. The largest absolute Gasteiger partial charge is 0.330 e. The molecule has 1 aromatic carbocycles. The first-order valence-corrected chi connectivity index (χ1v) is 4.07. The SMILES string of the molecule is CC(CN)c1cccc(Cl)c1.Cl. The lowest BCUT2D eigenvalue weighted by Crippen LogP contribution is -2.08. The van der Waals surface area contributed by atoms with Gasteiger partial charge in [0.05, 0.1) is 0 Å². The molecule has 0 saturated carbocycles. The van der Waals surface area contributed by atoms with Crippen molar-refractivity contribution < 1.29 is 0 Å². The summed E-state index contributed by atoms with van der Waals surface area (Å²) < 4.78 is 0. The van der Waals surface area contributed by atoms with E-state index < -0.39 is 0 Å². The van der Waals surface area contributed by atoms with Gasteiger partial charge in [0.25, 0.3) is 0 Å². The second kappa shape index (κ2) is 5.41. The third-order valence-corrected chi connectivity index (χ3v) is 2.01. The first kappa shape index (κ1) is 11.8. The van der Waals surface area contributed by atoms with Gasteiger partial charge >= 0.3 is 0 Å². The van der Waals surface area contributed by atoms with Crippen molar-refractivity contribution in [2.75, 3.05) is 6.54 Å². The number of halogens is 2. The Morgan fingerprint density at radius 2 is 2.17 bits per heavy atom. The van der Waals surface area contributed by atoms with Gasteiger partial charge in [0, 0.05) is 5.02 Å². The van der Waals surface area contributed by atoms with E-state index in [1.807, 2.05) is 24.3 Å². The second-order valence-corrected chi connectivity index (χ2v) is 3.13. The Bertz CT molecular complexity index is 238. The van der Waals surface area contributed by atoms with Crippen molar-refractivity contribution in [2.45, 2.75) is 12.8 Å². The van der Waals surface area contributed by atoms with Gasteiger partial charge in [-0.3, -0.25) is 0 Å². The van der Waals surface area contributed by atoms with Gasteiger partial charge in [-0.15, -0.1) is 12.4 Å². The molecular formula is C9H13Cl2N. The smallest absolute Gasteiger partial charge is 0.0408 e. The molecule has 0 bridgehead atoms. The molecule has 0 aromatic heterocycles. The zero-order valence-corrected chi connectivity index (χ0v) is 8.53. The van der Waals surface area contributed by atoms with Gasteiger partial charge in [-0.2, -0.15) is 0 Å². The molecule has 1 unspecified atom stereocenters. The van der Waals surface area contributed by atoms with Crippen molar-refractivity contribution in [3.63, 3.8) is 0 Å². The van der Waals surface area contributed by atoms with Gasteiger partial charge in [0.15, 0.2) is 0 Å². The summed E-state index contributed by atoms with van der Waals surface area (Å²) in [5.41, 5.74) is 6.72. The topological polar surface area (TPSA) is 26.0 Å². The Hall–Kier alpha value is -0.240. The number of hydrogen-bond donors (Lipinski definition) is 1. The quantitative estimate of drug-likeness (QED) is 0.790. The highest BCUT2D eigenvalue weighted by Gasteiger charge is 2.01. The molecule has 1 rings (SSSR count).